The summed E-state index contributed by atoms with van der Waals surface area (Å²) in [7, 11) is 3.43. The van der Waals surface area contributed by atoms with Gasteiger partial charge in [0, 0.05) is 33.1 Å². The summed E-state index contributed by atoms with van der Waals surface area (Å²) in [5.41, 5.74) is -0.198. The van der Waals surface area contributed by atoms with E-state index >= 15 is 0 Å². The molecular weight excluding hydrogens is 206 g/mol. The SMILES string of the molecule is COC1(CNc2nccn(C)c2=O)CCC1. The smallest absolute Gasteiger partial charge is 0.293 e. The first kappa shape index (κ1) is 11.1. The maximum absolute atomic E-state index is 11.7. The van der Waals surface area contributed by atoms with E-state index in [1.807, 2.05) is 0 Å². The number of nitrogens with one attached hydrogen (secondary N) is 1. The molecule has 0 spiro atoms. The fourth-order valence-corrected chi connectivity index (χ4v) is 1.89. The molecule has 0 amide bonds. The molecule has 0 saturated heterocycles. The van der Waals surface area contributed by atoms with Crippen LogP contribution in [0.25, 0.3) is 0 Å². The molecule has 1 aliphatic carbocycles. The third kappa shape index (κ3) is 1.95. The molecule has 1 fully saturated rings. The van der Waals surface area contributed by atoms with E-state index in [2.05, 4.69) is 10.3 Å². The quantitative estimate of drug-likeness (QED) is 0.818. The average molecular weight is 223 g/mol. The van der Waals surface area contributed by atoms with E-state index in [0.29, 0.717) is 12.4 Å². The maximum Gasteiger partial charge on any atom is 0.293 e. The van der Waals surface area contributed by atoms with Crippen LogP contribution in [-0.4, -0.2) is 28.8 Å². The van der Waals surface area contributed by atoms with Crippen molar-refractivity contribution in [2.45, 2.75) is 24.9 Å². The molecule has 16 heavy (non-hydrogen) atoms. The number of methoxy groups -OCH3 is 1. The predicted molar refractivity (Wildman–Crippen MR) is 61.6 cm³/mol. The number of rotatable bonds is 4. The summed E-state index contributed by atoms with van der Waals surface area (Å²) in [6.45, 7) is 0.649. The number of hydrogen-bond acceptors (Lipinski definition) is 4. The van der Waals surface area contributed by atoms with Gasteiger partial charge in [0.15, 0.2) is 5.82 Å². The zero-order valence-electron chi connectivity index (χ0n) is 9.69. The molecule has 0 radical (unpaired) electrons. The highest BCUT2D eigenvalue weighted by Crippen LogP contribution is 2.34. The molecule has 2 rings (SSSR count). The average Bonchev–Trinajstić information content (AvgIpc) is 2.23. The van der Waals surface area contributed by atoms with Crippen LogP contribution in [0.15, 0.2) is 17.2 Å². The predicted octanol–water partition coefficient (Wildman–Crippen LogP) is 0.761. The molecule has 1 aliphatic rings. The molecule has 1 aromatic rings. The highest BCUT2D eigenvalue weighted by Gasteiger charge is 2.36. The second kappa shape index (κ2) is 4.25. The van der Waals surface area contributed by atoms with E-state index in [1.165, 1.54) is 11.0 Å². The van der Waals surface area contributed by atoms with Crippen molar-refractivity contribution in [3.05, 3.63) is 22.7 Å². The molecule has 5 nitrogen and oxygen atoms in total. The molecule has 88 valence electrons. The molecule has 0 atom stereocenters. The minimum atomic E-state index is -0.104. The Bertz CT molecular complexity index is 418. The van der Waals surface area contributed by atoms with Gasteiger partial charge in [-0.15, -0.1) is 0 Å². The first-order valence-corrected chi connectivity index (χ1v) is 5.47. The molecule has 5 heteroatoms. The molecule has 0 aromatic carbocycles. The monoisotopic (exact) mass is 223 g/mol. The Morgan fingerprint density at radius 2 is 2.38 bits per heavy atom. The summed E-state index contributed by atoms with van der Waals surface area (Å²) >= 11 is 0. The van der Waals surface area contributed by atoms with Crippen LogP contribution in [0.4, 0.5) is 5.82 Å². The van der Waals surface area contributed by atoms with Crippen LogP contribution in [0.5, 0.6) is 0 Å². The lowest BCUT2D eigenvalue weighted by Gasteiger charge is -2.40. The van der Waals surface area contributed by atoms with Gasteiger partial charge in [0.25, 0.3) is 5.56 Å². The van der Waals surface area contributed by atoms with E-state index in [0.717, 1.165) is 12.8 Å². The van der Waals surface area contributed by atoms with Crippen LogP contribution in [-0.2, 0) is 11.8 Å². The Hall–Kier alpha value is -1.36. The largest absolute Gasteiger partial charge is 0.376 e. The van der Waals surface area contributed by atoms with Crippen molar-refractivity contribution in [3.8, 4) is 0 Å². The van der Waals surface area contributed by atoms with Crippen molar-refractivity contribution in [2.75, 3.05) is 19.0 Å². The zero-order valence-corrected chi connectivity index (χ0v) is 9.69. The minimum absolute atomic E-state index is 0.0947. The van der Waals surface area contributed by atoms with Crippen LogP contribution in [0.2, 0.25) is 0 Å². The summed E-state index contributed by atoms with van der Waals surface area (Å²) in [4.78, 5) is 15.7. The highest BCUT2D eigenvalue weighted by atomic mass is 16.5. The molecule has 0 aliphatic heterocycles. The molecule has 0 bridgehead atoms. The van der Waals surface area contributed by atoms with E-state index in [4.69, 9.17) is 4.74 Å². The number of aryl methyl sites for hydroxylation is 1. The van der Waals surface area contributed by atoms with E-state index in [-0.39, 0.29) is 11.2 Å². The van der Waals surface area contributed by atoms with Gasteiger partial charge < -0.3 is 14.6 Å². The number of aromatic nitrogens is 2. The van der Waals surface area contributed by atoms with Crippen molar-refractivity contribution >= 4 is 5.82 Å². The summed E-state index contributed by atoms with van der Waals surface area (Å²) in [5, 5.41) is 3.08. The fourth-order valence-electron chi connectivity index (χ4n) is 1.89. The van der Waals surface area contributed by atoms with Gasteiger partial charge in [-0.25, -0.2) is 4.98 Å². The van der Waals surface area contributed by atoms with E-state index in [1.54, 1.807) is 26.6 Å². The third-order valence-corrected chi connectivity index (χ3v) is 3.29. The number of nitrogens with zero attached hydrogens (tertiary/aromatic N) is 2. The van der Waals surface area contributed by atoms with Gasteiger partial charge in [-0.05, 0) is 19.3 Å². The van der Waals surface area contributed by atoms with Crippen LogP contribution < -0.4 is 10.9 Å². The number of ether oxygens (including phenoxy) is 1. The van der Waals surface area contributed by atoms with Gasteiger partial charge in [0.2, 0.25) is 0 Å². The van der Waals surface area contributed by atoms with E-state index in [9.17, 15) is 4.79 Å². The molecule has 1 N–H and O–H groups in total. The fraction of sp³-hybridized carbons (Fsp3) is 0.636. The van der Waals surface area contributed by atoms with E-state index < -0.39 is 0 Å². The topological polar surface area (TPSA) is 56.1 Å². The summed E-state index contributed by atoms with van der Waals surface area (Å²) in [5.74, 6) is 0.397. The van der Waals surface area contributed by atoms with Crippen LogP contribution >= 0.6 is 0 Å². The standard InChI is InChI=1S/C11H17N3O2/c1-14-7-6-12-9(10(14)15)13-8-11(16-2)4-3-5-11/h6-7H,3-5,8H2,1-2H3,(H,12,13). The Kier molecular flexibility index (Phi) is 2.96. The van der Waals surface area contributed by atoms with Crippen molar-refractivity contribution in [3.63, 3.8) is 0 Å². The molecule has 1 aromatic heterocycles. The van der Waals surface area contributed by atoms with Crippen LogP contribution in [0, 0.1) is 0 Å². The maximum atomic E-state index is 11.7. The number of hydrogen-bond donors (Lipinski definition) is 1. The van der Waals surface area contributed by atoms with Gasteiger partial charge in [-0.1, -0.05) is 0 Å². The summed E-state index contributed by atoms with van der Waals surface area (Å²) in [6, 6.07) is 0. The Morgan fingerprint density at radius 3 is 2.94 bits per heavy atom. The van der Waals surface area contributed by atoms with Crippen molar-refractivity contribution in [1.29, 1.82) is 0 Å². The van der Waals surface area contributed by atoms with Gasteiger partial charge in [-0.2, -0.15) is 0 Å². The second-order valence-corrected chi connectivity index (χ2v) is 4.29. The lowest BCUT2D eigenvalue weighted by Crippen LogP contribution is -2.46. The Labute approximate surface area is 94.5 Å². The normalized spacial score (nSPS) is 17.9. The van der Waals surface area contributed by atoms with Gasteiger partial charge in [0.1, 0.15) is 0 Å². The molecule has 0 unspecified atom stereocenters. The minimum Gasteiger partial charge on any atom is -0.376 e. The zero-order chi connectivity index (χ0) is 11.6. The lowest BCUT2D eigenvalue weighted by molar-refractivity contribution is -0.0601. The van der Waals surface area contributed by atoms with Gasteiger partial charge in [0.05, 0.1) is 5.60 Å². The van der Waals surface area contributed by atoms with Crippen molar-refractivity contribution in [2.24, 2.45) is 7.05 Å². The lowest BCUT2D eigenvalue weighted by atomic mass is 9.80. The first-order chi connectivity index (χ1) is 7.67. The van der Waals surface area contributed by atoms with Crippen LogP contribution in [0.1, 0.15) is 19.3 Å². The van der Waals surface area contributed by atoms with Crippen molar-refractivity contribution < 1.29 is 4.74 Å². The molecular formula is C11H17N3O2. The second-order valence-electron chi connectivity index (χ2n) is 4.29. The third-order valence-electron chi connectivity index (χ3n) is 3.29. The molecule has 1 saturated carbocycles. The van der Waals surface area contributed by atoms with Gasteiger partial charge >= 0.3 is 0 Å². The Balaban J connectivity index is 2.05. The van der Waals surface area contributed by atoms with Crippen molar-refractivity contribution in [1.82, 2.24) is 9.55 Å². The summed E-state index contributed by atoms with van der Waals surface area (Å²) in [6.07, 6.45) is 6.54. The highest BCUT2D eigenvalue weighted by molar-refractivity contribution is 5.31. The molecule has 1 heterocycles. The summed E-state index contributed by atoms with van der Waals surface area (Å²) < 4.78 is 6.98. The van der Waals surface area contributed by atoms with Gasteiger partial charge in [-0.3, -0.25) is 4.79 Å². The number of anilines is 1. The first-order valence-electron chi connectivity index (χ1n) is 5.47. The van der Waals surface area contributed by atoms with Crippen LogP contribution in [0.3, 0.4) is 0 Å². The Morgan fingerprint density at radius 1 is 1.62 bits per heavy atom.